The first kappa shape index (κ1) is 14.6. The Kier molecular flexibility index (Phi) is 4.79. The summed E-state index contributed by atoms with van der Waals surface area (Å²) in [5.74, 6) is 0.175. The number of carboxylic acid groups (broad SMARTS) is 1. The third kappa shape index (κ3) is 3.60. The first-order valence-corrected chi connectivity index (χ1v) is 6.89. The Bertz CT molecular complexity index is 489. The number of furan rings is 1. The Hall–Kier alpha value is -1.82. The van der Waals surface area contributed by atoms with E-state index >= 15 is 0 Å². The summed E-state index contributed by atoms with van der Waals surface area (Å²) in [6, 6.07) is 1.52. The number of aryl methyl sites for hydroxylation is 1. The van der Waals surface area contributed by atoms with E-state index in [0.717, 1.165) is 25.9 Å². The van der Waals surface area contributed by atoms with Gasteiger partial charge in [0.05, 0.1) is 6.54 Å². The Morgan fingerprint density at radius 2 is 2.10 bits per heavy atom. The van der Waals surface area contributed by atoms with E-state index in [0.29, 0.717) is 31.0 Å². The van der Waals surface area contributed by atoms with Gasteiger partial charge < -0.3 is 19.7 Å². The molecule has 1 aromatic heterocycles. The van der Waals surface area contributed by atoms with E-state index in [2.05, 4.69) is 5.32 Å². The maximum Gasteiger partial charge on any atom is 0.339 e. The first-order chi connectivity index (χ1) is 9.58. The highest BCUT2D eigenvalue weighted by atomic mass is 16.4. The fraction of sp³-hybridized carbons (Fsp3) is 0.571. The van der Waals surface area contributed by atoms with E-state index in [-0.39, 0.29) is 11.5 Å². The summed E-state index contributed by atoms with van der Waals surface area (Å²) in [7, 11) is 0. The lowest BCUT2D eigenvalue weighted by molar-refractivity contribution is -0.130. The summed E-state index contributed by atoms with van der Waals surface area (Å²) in [4.78, 5) is 24.5. The molecule has 0 radical (unpaired) electrons. The smallest absolute Gasteiger partial charge is 0.339 e. The van der Waals surface area contributed by atoms with Crippen LogP contribution in [-0.2, 0) is 11.3 Å². The second kappa shape index (κ2) is 6.56. The quantitative estimate of drug-likeness (QED) is 0.769. The van der Waals surface area contributed by atoms with E-state index in [4.69, 9.17) is 9.52 Å². The molecule has 1 amide bonds. The summed E-state index contributed by atoms with van der Waals surface area (Å²) in [5, 5.41) is 12.0. The number of likely N-dealkylation sites (tertiary alicyclic amines) is 1. The van der Waals surface area contributed by atoms with Crippen LogP contribution in [0.25, 0.3) is 0 Å². The molecule has 0 bridgehead atoms. The molecule has 1 fully saturated rings. The zero-order chi connectivity index (χ0) is 14.5. The van der Waals surface area contributed by atoms with Crippen LogP contribution in [-0.4, -0.2) is 41.5 Å². The highest BCUT2D eigenvalue weighted by Gasteiger charge is 2.17. The molecule has 1 saturated heterocycles. The molecule has 20 heavy (non-hydrogen) atoms. The fourth-order valence-electron chi connectivity index (χ4n) is 2.37. The van der Waals surface area contributed by atoms with E-state index in [1.807, 2.05) is 4.90 Å². The number of rotatable bonds is 6. The Balaban J connectivity index is 1.71. The lowest BCUT2D eigenvalue weighted by Gasteiger charge is -2.14. The molecule has 6 nitrogen and oxygen atoms in total. The lowest BCUT2D eigenvalue weighted by Crippen LogP contribution is -2.30. The minimum Gasteiger partial charge on any atom is -0.478 e. The van der Waals surface area contributed by atoms with Crippen molar-refractivity contribution >= 4 is 11.9 Å². The van der Waals surface area contributed by atoms with Gasteiger partial charge in [0.25, 0.3) is 0 Å². The highest BCUT2D eigenvalue weighted by molar-refractivity contribution is 5.88. The van der Waals surface area contributed by atoms with Crippen molar-refractivity contribution in [1.82, 2.24) is 10.2 Å². The molecule has 0 aliphatic carbocycles. The van der Waals surface area contributed by atoms with Crippen molar-refractivity contribution in [1.29, 1.82) is 0 Å². The molecule has 0 aromatic carbocycles. The average molecular weight is 280 g/mol. The number of carboxylic acids is 1. The summed E-state index contributed by atoms with van der Waals surface area (Å²) in [6.45, 7) is 4.37. The molecule has 6 heteroatoms. The van der Waals surface area contributed by atoms with Crippen molar-refractivity contribution in [3.63, 3.8) is 0 Å². The normalized spacial score (nSPS) is 14.8. The molecule has 1 aliphatic rings. The molecule has 2 heterocycles. The number of amides is 1. The average Bonchev–Trinajstić information content (AvgIpc) is 3.03. The zero-order valence-electron chi connectivity index (χ0n) is 11.6. The van der Waals surface area contributed by atoms with Gasteiger partial charge in [0.15, 0.2) is 0 Å². The second-order valence-electron chi connectivity index (χ2n) is 5.00. The monoisotopic (exact) mass is 280 g/mol. The van der Waals surface area contributed by atoms with Crippen LogP contribution in [0.4, 0.5) is 0 Å². The number of nitrogens with one attached hydrogen (secondary N) is 1. The first-order valence-electron chi connectivity index (χ1n) is 6.89. The van der Waals surface area contributed by atoms with Crippen LogP contribution >= 0.6 is 0 Å². The van der Waals surface area contributed by atoms with Crippen LogP contribution in [0.15, 0.2) is 10.5 Å². The standard InChI is InChI=1S/C14H20N2O4/c1-10-12(14(18)19)8-11(20-10)9-15-5-4-13(17)16-6-2-3-7-16/h8,15H,2-7,9H2,1H3,(H,18,19). The van der Waals surface area contributed by atoms with Crippen molar-refractivity contribution in [2.45, 2.75) is 32.7 Å². The van der Waals surface area contributed by atoms with E-state index in [9.17, 15) is 9.59 Å². The molecule has 2 N–H and O–H groups in total. The molecule has 0 saturated carbocycles. The summed E-state index contributed by atoms with van der Waals surface area (Å²) in [5.41, 5.74) is 0.190. The molecule has 1 aromatic rings. The number of carbonyl (C=O) groups is 2. The van der Waals surface area contributed by atoms with Gasteiger partial charge in [0.1, 0.15) is 17.1 Å². The van der Waals surface area contributed by atoms with Crippen molar-refractivity contribution in [3.05, 3.63) is 23.2 Å². The van der Waals surface area contributed by atoms with Gasteiger partial charge in [0, 0.05) is 26.1 Å². The molecule has 0 unspecified atom stereocenters. The van der Waals surface area contributed by atoms with E-state index in [1.165, 1.54) is 6.07 Å². The Morgan fingerprint density at radius 1 is 1.40 bits per heavy atom. The molecule has 0 spiro atoms. The van der Waals surface area contributed by atoms with Gasteiger partial charge in [-0.25, -0.2) is 4.79 Å². The van der Waals surface area contributed by atoms with Gasteiger partial charge in [0.2, 0.25) is 5.91 Å². The van der Waals surface area contributed by atoms with Gasteiger partial charge in [-0.1, -0.05) is 0 Å². The van der Waals surface area contributed by atoms with Crippen LogP contribution in [0.1, 0.15) is 41.1 Å². The number of carbonyl (C=O) groups excluding carboxylic acids is 1. The minimum atomic E-state index is -0.985. The third-order valence-electron chi connectivity index (χ3n) is 3.47. The molecule has 110 valence electrons. The van der Waals surface area contributed by atoms with Gasteiger partial charge >= 0.3 is 5.97 Å². The van der Waals surface area contributed by atoms with Gasteiger partial charge in [-0.2, -0.15) is 0 Å². The number of hydrogen-bond donors (Lipinski definition) is 2. The lowest BCUT2D eigenvalue weighted by atomic mass is 10.2. The molecule has 0 atom stereocenters. The molecular formula is C14H20N2O4. The predicted octanol–water partition coefficient (Wildman–Crippen LogP) is 1.39. The van der Waals surface area contributed by atoms with Crippen molar-refractivity contribution < 1.29 is 19.1 Å². The summed E-state index contributed by atoms with van der Waals surface area (Å²) >= 11 is 0. The maximum atomic E-state index is 11.8. The largest absolute Gasteiger partial charge is 0.478 e. The van der Waals surface area contributed by atoms with Gasteiger partial charge in [-0.05, 0) is 25.8 Å². The number of aromatic carboxylic acids is 1. The third-order valence-corrected chi connectivity index (χ3v) is 3.47. The predicted molar refractivity (Wildman–Crippen MR) is 72.5 cm³/mol. The van der Waals surface area contributed by atoms with Crippen molar-refractivity contribution in [2.24, 2.45) is 0 Å². The summed E-state index contributed by atoms with van der Waals surface area (Å²) < 4.78 is 5.34. The van der Waals surface area contributed by atoms with Gasteiger partial charge in [-0.15, -0.1) is 0 Å². The number of hydrogen-bond acceptors (Lipinski definition) is 4. The van der Waals surface area contributed by atoms with Crippen LogP contribution in [0.2, 0.25) is 0 Å². The highest BCUT2D eigenvalue weighted by Crippen LogP contribution is 2.14. The van der Waals surface area contributed by atoms with Crippen LogP contribution < -0.4 is 5.32 Å². The topological polar surface area (TPSA) is 82.8 Å². The fourth-order valence-corrected chi connectivity index (χ4v) is 2.37. The van der Waals surface area contributed by atoms with Crippen molar-refractivity contribution in [3.8, 4) is 0 Å². The van der Waals surface area contributed by atoms with Crippen LogP contribution in [0.3, 0.4) is 0 Å². The number of nitrogens with zero attached hydrogens (tertiary/aromatic N) is 1. The van der Waals surface area contributed by atoms with Gasteiger partial charge in [-0.3, -0.25) is 4.79 Å². The van der Waals surface area contributed by atoms with Crippen LogP contribution in [0, 0.1) is 6.92 Å². The van der Waals surface area contributed by atoms with Crippen molar-refractivity contribution in [2.75, 3.05) is 19.6 Å². The Morgan fingerprint density at radius 3 is 2.70 bits per heavy atom. The minimum absolute atomic E-state index is 0.178. The molecule has 2 rings (SSSR count). The Labute approximate surface area is 117 Å². The van der Waals surface area contributed by atoms with E-state index in [1.54, 1.807) is 6.92 Å². The summed E-state index contributed by atoms with van der Waals surface area (Å²) in [6.07, 6.45) is 2.66. The van der Waals surface area contributed by atoms with E-state index < -0.39 is 5.97 Å². The SMILES string of the molecule is Cc1oc(CNCCC(=O)N2CCCC2)cc1C(=O)O. The molecular weight excluding hydrogens is 260 g/mol. The second-order valence-corrected chi connectivity index (χ2v) is 5.00. The molecule has 1 aliphatic heterocycles. The maximum absolute atomic E-state index is 11.8. The van der Waals surface area contributed by atoms with Crippen LogP contribution in [0.5, 0.6) is 0 Å². The zero-order valence-corrected chi connectivity index (χ0v) is 11.6.